The normalized spacial score (nSPS) is 10.2. The van der Waals surface area contributed by atoms with Gasteiger partial charge in [-0.05, 0) is 13.8 Å². The van der Waals surface area contributed by atoms with E-state index in [0.717, 1.165) is 5.69 Å². The summed E-state index contributed by atoms with van der Waals surface area (Å²) in [6.45, 7) is 3.85. The van der Waals surface area contributed by atoms with E-state index in [1.54, 1.807) is 18.7 Å². The highest BCUT2D eigenvalue weighted by Crippen LogP contribution is 2.11. The van der Waals surface area contributed by atoms with Crippen LogP contribution in [0, 0.1) is 13.8 Å². The molecule has 1 rings (SSSR count). The average molecular weight is 224 g/mol. The summed E-state index contributed by atoms with van der Waals surface area (Å²) in [5.41, 5.74) is 7.01. The Bertz CT molecular complexity index is 423. The molecule has 0 spiro atoms. The number of carbonyl (C=O) groups excluding carboxylic acids is 2. The Morgan fingerprint density at radius 3 is 2.50 bits per heavy atom. The van der Waals surface area contributed by atoms with Crippen molar-refractivity contribution in [1.29, 1.82) is 0 Å². The summed E-state index contributed by atoms with van der Waals surface area (Å²) in [7, 11) is 1.78. The van der Waals surface area contributed by atoms with Gasteiger partial charge in [-0.15, -0.1) is 0 Å². The minimum Gasteiger partial charge on any atom is -0.370 e. The average Bonchev–Trinajstić information content (AvgIpc) is 2.40. The molecule has 2 amide bonds. The van der Waals surface area contributed by atoms with E-state index in [4.69, 9.17) is 5.73 Å². The van der Waals surface area contributed by atoms with E-state index in [9.17, 15) is 9.59 Å². The Hall–Kier alpha value is -1.85. The molecule has 0 aliphatic carbocycles. The van der Waals surface area contributed by atoms with Gasteiger partial charge in [0.2, 0.25) is 5.91 Å². The quantitative estimate of drug-likeness (QED) is 0.732. The number of amides is 2. The fraction of sp³-hybridized carbons (Fsp3) is 0.500. The number of hydrogen-bond donors (Lipinski definition) is 2. The van der Waals surface area contributed by atoms with Crippen molar-refractivity contribution in [2.45, 2.75) is 20.3 Å². The summed E-state index contributed by atoms with van der Waals surface area (Å²) < 4.78 is 1.65. The van der Waals surface area contributed by atoms with Crippen molar-refractivity contribution in [3.8, 4) is 0 Å². The molecule has 0 radical (unpaired) electrons. The Morgan fingerprint density at radius 2 is 2.06 bits per heavy atom. The number of primary amides is 1. The maximum Gasteiger partial charge on any atom is 0.255 e. The van der Waals surface area contributed by atoms with Gasteiger partial charge in [0.1, 0.15) is 0 Å². The molecule has 0 atom stereocenters. The van der Waals surface area contributed by atoms with Crippen LogP contribution in [0.4, 0.5) is 0 Å². The van der Waals surface area contributed by atoms with Gasteiger partial charge < -0.3 is 11.1 Å². The van der Waals surface area contributed by atoms with Crippen LogP contribution in [0.3, 0.4) is 0 Å². The number of carbonyl (C=O) groups is 2. The number of nitrogens with zero attached hydrogens (tertiary/aromatic N) is 2. The first kappa shape index (κ1) is 12.2. The number of aromatic nitrogens is 2. The molecule has 1 aromatic heterocycles. The molecule has 0 saturated heterocycles. The van der Waals surface area contributed by atoms with Crippen LogP contribution in [0.1, 0.15) is 28.2 Å². The van der Waals surface area contributed by atoms with Gasteiger partial charge >= 0.3 is 0 Å². The van der Waals surface area contributed by atoms with Crippen molar-refractivity contribution in [3.05, 3.63) is 17.0 Å². The molecule has 6 nitrogen and oxygen atoms in total. The molecular weight excluding hydrogens is 208 g/mol. The largest absolute Gasteiger partial charge is 0.370 e. The van der Waals surface area contributed by atoms with Crippen molar-refractivity contribution in [3.63, 3.8) is 0 Å². The van der Waals surface area contributed by atoms with Gasteiger partial charge in [0.15, 0.2) is 0 Å². The first-order chi connectivity index (χ1) is 7.43. The second kappa shape index (κ2) is 4.78. The first-order valence-electron chi connectivity index (χ1n) is 5.00. The molecule has 1 heterocycles. The van der Waals surface area contributed by atoms with Crippen LogP contribution in [0.15, 0.2) is 0 Å². The fourth-order valence-corrected chi connectivity index (χ4v) is 1.49. The van der Waals surface area contributed by atoms with E-state index in [2.05, 4.69) is 10.4 Å². The van der Waals surface area contributed by atoms with E-state index < -0.39 is 5.91 Å². The van der Waals surface area contributed by atoms with Crippen LogP contribution < -0.4 is 11.1 Å². The standard InChI is InChI=1S/C10H16N4O2/c1-6-9(7(2)14(3)13-6)10(16)12-5-4-8(11)15/h4-5H2,1-3H3,(H2,11,15)(H,12,16). The van der Waals surface area contributed by atoms with Crippen LogP contribution in [0.5, 0.6) is 0 Å². The first-order valence-corrected chi connectivity index (χ1v) is 5.00. The molecule has 0 aliphatic heterocycles. The molecule has 0 bridgehead atoms. The summed E-state index contributed by atoms with van der Waals surface area (Å²) in [4.78, 5) is 22.3. The summed E-state index contributed by atoms with van der Waals surface area (Å²) in [5, 5.41) is 6.77. The molecule has 6 heteroatoms. The number of nitrogens with two attached hydrogens (primary N) is 1. The van der Waals surface area contributed by atoms with Crippen LogP contribution in [-0.4, -0.2) is 28.1 Å². The lowest BCUT2D eigenvalue weighted by atomic mass is 10.2. The molecule has 0 unspecified atom stereocenters. The van der Waals surface area contributed by atoms with Gasteiger partial charge in [-0.2, -0.15) is 5.10 Å². The molecule has 0 fully saturated rings. The molecule has 0 aromatic carbocycles. The molecule has 0 saturated carbocycles. The third-order valence-electron chi connectivity index (χ3n) is 2.39. The Kier molecular flexibility index (Phi) is 3.65. The van der Waals surface area contributed by atoms with Gasteiger partial charge in [-0.1, -0.05) is 0 Å². The van der Waals surface area contributed by atoms with Gasteiger partial charge in [-0.3, -0.25) is 14.3 Å². The van der Waals surface area contributed by atoms with Crippen molar-refractivity contribution >= 4 is 11.8 Å². The Morgan fingerprint density at radius 1 is 1.44 bits per heavy atom. The lowest BCUT2D eigenvalue weighted by molar-refractivity contribution is -0.117. The van der Waals surface area contributed by atoms with Crippen LogP contribution in [0.25, 0.3) is 0 Å². The van der Waals surface area contributed by atoms with Crippen molar-refractivity contribution < 1.29 is 9.59 Å². The van der Waals surface area contributed by atoms with E-state index in [1.807, 2.05) is 6.92 Å². The zero-order valence-corrected chi connectivity index (χ0v) is 9.70. The maximum atomic E-state index is 11.8. The molecule has 1 aromatic rings. The topological polar surface area (TPSA) is 90.0 Å². The summed E-state index contributed by atoms with van der Waals surface area (Å²) in [5.74, 6) is -0.649. The summed E-state index contributed by atoms with van der Waals surface area (Å²) in [6, 6.07) is 0. The van der Waals surface area contributed by atoms with Crippen molar-refractivity contribution in [1.82, 2.24) is 15.1 Å². The van der Waals surface area contributed by atoms with Gasteiger partial charge in [-0.25, -0.2) is 0 Å². The number of aryl methyl sites for hydroxylation is 2. The minimum atomic E-state index is -0.431. The molecule has 3 N–H and O–H groups in total. The second-order valence-electron chi connectivity index (χ2n) is 3.64. The predicted octanol–water partition coefficient (Wildman–Crippen LogP) is -0.358. The lowest BCUT2D eigenvalue weighted by Gasteiger charge is -2.03. The maximum absolute atomic E-state index is 11.8. The van der Waals surface area contributed by atoms with Crippen molar-refractivity contribution in [2.24, 2.45) is 12.8 Å². The molecule has 16 heavy (non-hydrogen) atoms. The third kappa shape index (κ3) is 2.59. The van der Waals surface area contributed by atoms with Crippen LogP contribution >= 0.6 is 0 Å². The van der Waals surface area contributed by atoms with Gasteiger partial charge in [0, 0.05) is 25.7 Å². The van der Waals surface area contributed by atoms with Gasteiger partial charge in [0.05, 0.1) is 11.3 Å². The highest BCUT2D eigenvalue weighted by molar-refractivity contribution is 5.96. The summed E-state index contributed by atoms with van der Waals surface area (Å²) in [6.07, 6.45) is 0.143. The smallest absolute Gasteiger partial charge is 0.255 e. The Balaban J connectivity index is 2.70. The lowest BCUT2D eigenvalue weighted by Crippen LogP contribution is -2.28. The van der Waals surface area contributed by atoms with E-state index in [1.165, 1.54) is 0 Å². The summed E-state index contributed by atoms with van der Waals surface area (Å²) >= 11 is 0. The molecule has 0 aliphatic rings. The van der Waals surface area contributed by atoms with Gasteiger partial charge in [0.25, 0.3) is 5.91 Å². The zero-order valence-electron chi connectivity index (χ0n) is 9.70. The predicted molar refractivity (Wildman–Crippen MR) is 58.8 cm³/mol. The van der Waals surface area contributed by atoms with Crippen LogP contribution in [0.2, 0.25) is 0 Å². The van der Waals surface area contributed by atoms with Crippen molar-refractivity contribution in [2.75, 3.05) is 6.54 Å². The Labute approximate surface area is 93.8 Å². The van der Waals surface area contributed by atoms with E-state index >= 15 is 0 Å². The number of nitrogens with one attached hydrogen (secondary N) is 1. The number of hydrogen-bond acceptors (Lipinski definition) is 3. The highest BCUT2D eigenvalue weighted by atomic mass is 16.2. The SMILES string of the molecule is Cc1nn(C)c(C)c1C(=O)NCCC(N)=O. The third-order valence-corrected chi connectivity index (χ3v) is 2.39. The number of rotatable bonds is 4. The van der Waals surface area contributed by atoms with E-state index in [0.29, 0.717) is 11.3 Å². The second-order valence-corrected chi connectivity index (χ2v) is 3.64. The monoisotopic (exact) mass is 224 g/mol. The minimum absolute atomic E-state index is 0.143. The molecular formula is C10H16N4O2. The molecule has 88 valence electrons. The van der Waals surface area contributed by atoms with Crippen LogP contribution in [-0.2, 0) is 11.8 Å². The van der Waals surface area contributed by atoms with E-state index in [-0.39, 0.29) is 18.9 Å². The highest BCUT2D eigenvalue weighted by Gasteiger charge is 2.16. The fourth-order valence-electron chi connectivity index (χ4n) is 1.49. The zero-order chi connectivity index (χ0) is 12.3.